The Bertz CT molecular complexity index is 143. The molecule has 0 amide bonds. The second kappa shape index (κ2) is 19.2. The van der Waals surface area contributed by atoms with Gasteiger partial charge in [-0.2, -0.15) is 0 Å². The predicted molar refractivity (Wildman–Crippen MR) is 92.3 cm³/mol. The van der Waals surface area contributed by atoms with Gasteiger partial charge < -0.3 is 4.80 Å². The van der Waals surface area contributed by atoms with Crippen LogP contribution in [0.2, 0.25) is 6.04 Å². The lowest BCUT2D eigenvalue weighted by Crippen LogP contribution is -1.86. The van der Waals surface area contributed by atoms with Crippen molar-refractivity contribution < 1.29 is 4.80 Å². The molecule has 2 radical (unpaired) electrons. The Morgan fingerprint density at radius 3 is 1.10 bits per heavy atom. The zero-order chi connectivity index (χ0) is 14.7. The van der Waals surface area contributed by atoms with Crippen LogP contribution >= 0.6 is 0 Å². The molecule has 0 aliphatic carbocycles. The van der Waals surface area contributed by atoms with E-state index in [0.29, 0.717) is 0 Å². The summed E-state index contributed by atoms with van der Waals surface area (Å²) in [4.78, 5) is 8.71. The van der Waals surface area contributed by atoms with Gasteiger partial charge in [-0.15, -0.1) is 0 Å². The minimum absolute atomic E-state index is 0.169. The highest BCUT2D eigenvalue weighted by Gasteiger charge is 1.94. The standard InChI is InChI=1S/C18H38OSi/c1-2-3-4-5-6-7-8-9-10-11-12-13-14-15-16-17-18-20-19/h19H,2-18H2,1H3. The number of unbranched alkanes of at least 4 members (excludes halogenated alkanes) is 15. The fourth-order valence-electron chi connectivity index (χ4n) is 2.75. The summed E-state index contributed by atoms with van der Waals surface area (Å²) in [5.74, 6) is 0. The molecule has 1 nitrogen and oxygen atoms in total. The van der Waals surface area contributed by atoms with E-state index in [-0.39, 0.29) is 9.76 Å². The van der Waals surface area contributed by atoms with Gasteiger partial charge in [0.1, 0.15) is 0 Å². The van der Waals surface area contributed by atoms with Crippen molar-refractivity contribution in [2.24, 2.45) is 0 Å². The maximum atomic E-state index is 8.71. The van der Waals surface area contributed by atoms with E-state index in [1.807, 2.05) is 0 Å². The first-order chi connectivity index (χ1) is 9.91. The summed E-state index contributed by atoms with van der Waals surface area (Å²) in [6.45, 7) is 2.29. The van der Waals surface area contributed by atoms with Crippen LogP contribution in [-0.2, 0) is 0 Å². The molecule has 0 saturated carbocycles. The topological polar surface area (TPSA) is 20.2 Å². The third-order valence-electron chi connectivity index (χ3n) is 4.14. The first-order valence-corrected chi connectivity index (χ1v) is 10.4. The van der Waals surface area contributed by atoms with Gasteiger partial charge in [-0.1, -0.05) is 110 Å². The molecule has 120 valence electrons. The Hall–Kier alpha value is 0.177. The van der Waals surface area contributed by atoms with Gasteiger partial charge in [0.2, 0.25) is 9.76 Å². The summed E-state index contributed by atoms with van der Waals surface area (Å²) in [5.41, 5.74) is 0. The summed E-state index contributed by atoms with van der Waals surface area (Å²) in [5, 5.41) is 0. The molecule has 0 aliphatic rings. The van der Waals surface area contributed by atoms with E-state index < -0.39 is 0 Å². The van der Waals surface area contributed by atoms with Gasteiger partial charge in [-0.3, -0.25) is 0 Å². The van der Waals surface area contributed by atoms with Crippen LogP contribution in [0.3, 0.4) is 0 Å². The molecule has 0 heterocycles. The molecule has 1 N–H and O–H groups in total. The highest BCUT2D eigenvalue weighted by Crippen LogP contribution is 2.13. The minimum atomic E-state index is 0.169. The normalized spacial score (nSPS) is 11.1. The maximum Gasteiger partial charge on any atom is 0.224 e. The molecular formula is C18H38OSi. The van der Waals surface area contributed by atoms with Crippen LogP contribution < -0.4 is 0 Å². The zero-order valence-electron chi connectivity index (χ0n) is 14.0. The molecule has 0 saturated heterocycles. The maximum absolute atomic E-state index is 8.71. The van der Waals surface area contributed by atoms with E-state index in [9.17, 15) is 0 Å². The molecule has 0 bridgehead atoms. The fourth-order valence-corrected chi connectivity index (χ4v) is 3.16. The second-order valence-electron chi connectivity index (χ2n) is 6.21. The highest BCUT2D eigenvalue weighted by molar-refractivity contribution is 6.25. The van der Waals surface area contributed by atoms with E-state index in [1.54, 1.807) is 0 Å². The van der Waals surface area contributed by atoms with Crippen molar-refractivity contribution in [2.75, 3.05) is 0 Å². The van der Waals surface area contributed by atoms with Crippen LogP contribution in [0.25, 0.3) is 0 Å². The monoisotopic (exact) mass is 298 g/mol. The average molecular weight is 299 g/mol. The largest absolute Gasteiger partial charge is 0.432 e. The number of hydrogen-bond donors (Lipinski definition) is 1. The van der Waals surface area contributed by atoms with Gasteiger partial charge in [0.15, 0.2) is 0 Å². The molecule has 0 rings (SSSR count). The minimum Gasteiger partial charge on any atom is -0.432 e. The van der Waals surface area contributed by atoms with Gasteiger partial charge in [0, 0.05) is 0 Å². The number of rotatable bonds is 17. The van der Waals surface area contributed by atoms with Crippen LogP contribution in [0, 0.1) is 0 Å². The molecule has 0 aliphatic heterocycles. The fraction of sp³-hybridized carbons (Fsp3) is 1.00. The molecule has 0 spiro atoms. The SMILES string of the molecule is CCCCCCCCCCCCCCCCCC[Si]O. The highest BCUT2D eigenvalue weighted by atomic mass is 28.2. The van der Waals surface area contributed by atoms with E-state index in [1.165, 1.54) is 103 Å². The van der Waals surface area contributed by atoms with Crippen LogP contribution in [0.4, 0.5) is 0 Å². The average Bonchev–Trinajstić information content (AvgIpc) is 2.47. The van der Waals surface area contributed by atoms with Crippen molar-refractivity contribution in [1.29, 1.82) is 0 Å². The summed E-state index contributed by atoms with van der Waals surface area (Å²) in [7, 11) is 0.169. The molecule has 20 heavy (non-hydrogen) atoms. The molecule has 0 fully saturated rings. The van der Waals surface area contributed by atoms with Crippen molar-refractivity contribution in [3.05, 3.63) is 0 Å². The predicted octanol–water partition coefficient (Wildman–Crippen LogP) is 6.28. The first kappa shape index (κ1) is 20.2. The van der Waals surface area contributed by atoms with Crippen molar-refractivity contribution in [1.82, 2.24) is 0 Å². The van der Waals surface area contributed by atoms with E-state index >= 15 is 0 Å². The third kappa shape index (κ3) is 18.2. The molecule has 0 aromatic heterocycles. The lowest BCUT2D eigenvalue weighted by molar-refractivity contribution is 0.530. The van der Waals surface area contributed by atoms with Crippen LogP contribution in [0.1, 0.15) is 110 Å². The molecule has 2 heteroatoms. The van der Waals surface area contributed by atoms with Crippen molar-refractivity contribution in [3.8, 4) is 0 Å². The van der Waals surface area contributed by atoms with Gasteiger partial charge >= 0.3 is 0 Å². The van der Waals surface area contributed by atoms with Crippen LogP contribution in [0.5, 0.6) is 0 Å². The number of hydrogen-bond acceptors (Lipinski definition) is 1. The Balaban J connectivity index is 2.89. The van der Waals surface area contributed by atoms with Crippen LogP contribution in [0.15, 0.2) is 0 Å². The van der Waals surface area contributed by atoms with Gasteiger partial charge in [0.25, 0.3) is 0 Å². The molecule has 0 atom stereocenters. The summed E-state index contributed by atoms with van der Waals surface area (Å²) < 4.78 is 0. The lowest BCUT2D eigenvalue weighted by atomic mass is 10.0. The van der Waals surface area contributed by atoms with Crippen molar-refractivity contribution >= 4 is 9.76 Å². The Morgan fingerprint density at radius 1 is 0.500 bits per heavy atom. The van der Waals surface area contributed by atoms with Gasteiger partial charge in [0.05, 0.1) is 0 Å². The lowest BCUT2D eigenvalue weighted by Gasteiger charge is -2.03. The molecule has 0 unspecified atom stereocenters. The van der Waals surface area contributed by atoms with Gasteiger partial charge in [-0.25, -0.2) is 0 Å². The third-order valence-corrected chi connectivity index (χ3v) is 4.72. The molecule has 0 aromatic rings. The molecular weight excluding hydrogens is 260 g/mol. The Kier molecular flexibility index (Phi) is 19.3. The summed E-state index contributed by atoms with van der Waals surface area (Å²) >= 11 is 0. The summed E-state index contributed by atoms with van der Waals surface area (Å²) in [6, 6.07) is 1.03. The van der Waals surface area contributed by atoms with E-state index in [2.05, 4.69) is 6.92 Å². The van der Waals surface area contributed by atoms with E-state index in [4.69, 9.17) is 4.80 Å². The zero-order valence-corrected chi connectivity index (χ0v) is 15.0. The van der Waals surface area contributed by atoms with Crippen LogP contribution in [-0.4, -0.2) is 14.6 Å². The van der Waals surface area contributed by atoms with Crippen molar-refractivity contribution in [2.45, 2.75) is 116 Å². The van der Waals surface area contributed by atoms with Crippen molar-refractivity contribution in [3.63, 3.8) is 0 Å². The second-order valence-corrected chi connectivity index (χ2v) is 7.03. The molecule has 0 aromatic carbocycles. The first-order valence-electron chi connectivity index (χ1n) is 9.28. The smallest absolute Gasteiger partial charge is 0.224 e. The Morgan fingerprint density at radius 2 is 0.800 bits per heavy atom. The van der Waals surface area contributed by atoms with E-state index in [0.717, 1.165) is 6.04 Å². The van der Waals surface area contributed by atoms with Gasteiger partial charge in [-0.05, 0) is 6.04 Å². The quantitative estimate of drug-likeness (QED) is 0.247. The Labute approximate surface area is 130 Å². The summed E-state index contributed by atoms with van der Waals surface area (Å²) in [6.07, 6.45) is 22.7.